The Hall–Kier alpha value is -0.780. The van der Waals surface area contributed by atoms with Crippen molar-refractivity contribution >= 4 is 29.9 Å². The van der Waals surface area contributed by atoms with E-state index in [1.165, 1.54) is 11.1 Å². The highest BCUT2D eigenvalue weighted by Gasteiger charge is 2.01. The van der Waals surface area contributed by atoms with Crippen LogP contribution in [-0.2, 0) is 6.42 Å². The molecule has 0 saturated carbocycles. The van der Waals surface area contributed by atoms with Crippen LogP contribution in [0.3, 0.4) is 0 Å². The van der Waals surface area contributed by atoms with Crippen molar-refractivity contribution in [2.45, 2.75) is 32.6 Å². The molecule has 0 aliphatic carbocycles. The summed E-state index contributed by atoms with van der Waals surface area (Å²) in [7, 11) is 5.81. The molecule has 0 saturated heterocycles. The zero-order valence-corrected chi connectivity index (χ0v) is 15.6. The molecular formula is C16H28IN3. The van der Waals surface area contributed by atoms with Crippen LogP contribution in [0.15, 0.2) is 29.3 Å². The molecule has 4 heteroatoms. The molecule has 3 nitrogen and oxygen atoms in total. The van der Waals surface area contributed by atoms with Crippen molar-refractivity contribution in [3.63, 3.8) is 0 Å². The number of guanidine groups is 1. The van der Waals surface area contributed by atoms with Crippen LogP contribution < -0.4 is 5.32 Å². The summed E-state index contributed by atoms with van der Waals surface area (Å²) in [4.78, 5) is 6.19. The van der Waals surface area contributed by atoms with Crippen molar-refractivity contribution in [2.24, 2.45) is 4.99 Å². The molecule has 1 rings (SSSR count). The van der Waals surface area contributed by atoms with Crippen molar-refractivity contribution in [3.8, 4) is 0 Å². The van der Waals surface area contributed by atoms with E-state index in [2.05, 4.69) is 48.4 Å². The number of rotatable bonds is 5. The highest BCUT2D eigenvalue weighted by atomic mass is 127. The fourth-order valence-corrected chi connectivity index (χ4v) is 2.00. The van der Waals surface area contributed by atoms with E-state index in [1.54, 1.807) is 0 Å². The molecule has 0 heterocycles. The number of aryl methyl sites for hydroxylation is 1. The topological polar surface area (TPSA) is 27.6 Å². The van der Waals surface area contributed by atoms with E-state index >= 15 is 0 Å². The number of hydrogen-bond donors (Lipinski definition) is 1. The van der Waals surface area contributed by atoms with Crippen LogP contribution in [0.1, 0.15) is 37.3 Å². The summed E-state index contributed by atoms with van der Waals surface area (Å²) in [5, 5.41) is 3.34. The molecule has 1 aromatic carbocycles. The van der Waals surface area contributed by atoms with E-state index in [0.29, 0.717) is 5.92 Å². The number of nitrogens with zero attached hydrogens (tertiary/aromatic N) is 2. The Morgan fingerprint density at radius 3 is 2.25 bits per heavy atom. The molecular weight excluding hydrogens is 361 g/mol. The molecule has 0 aliphatic rings. The predicted molar refractivity (Wildman–Crippen MR) is 99.3 cm³/mol. The van der Waals surface area contributed by atoms with Gasteiger partial charge in [0.1, 0.15) is 0 Å². The molecule has 1 N–H and O–H groups in total. The van der Waals surface area contributed by atoms with Crippen LogP contribution in [-0.4, -0.2) is 38.5 Å². The van der Waals surface area contributed by atoms with Crippen molar-refractivity contribution in [2.75, 3.05) is 27.7 Å². The third-order valence-corrected chi connectivity index (χ3v) is 3.21. The lowest BCUT2D eigenvalue weighted by molar-refractivity contribution is 0.578. The zero-order valence-electron chi connectivity index (χ0n) is 13.3. The van der Waals surface area contributed by atoms with Crippen LogP contribution in [0.5, 0.6) is 0 Å². The molecule has 0 spiro atoms. The number of nitrogens with one attached hydrogen (secondary N) is 1. The largest absolute Gasteiger partial charge is 0.356 e. The van der Waals surface area contributed by atoms with E-state index in [0.717, 1.165) is 25.3 Å². The average molecular weight is 389 g/mol. The van der Waals surface area contributed by atoms with Crippen LogP contribution in [0.2, 0.25) is 0 Å². The molecule has 1 aromatic rings. The first-order valence-corrected chi connectivity index (χ1v) is 7.01. The quantitative estimate of drug-likeness (QED) is 0.361. The highest BCUT2D eigenvalue weighted by molar-refractivity contribution is 14.0. The van der Waals surface area contributed by atoms with Gasteiger partial charge >= 0.3 is 0 Å². The Bertz CT molecular complexity index is 397. The van der Waals surface area contributed by atoms with E-state index in [1.807, 2.05) is 26.0 Å². The van der Waals surface area contributed by atoms with Gasteiger partial charge in [0.2, 0.25) is 0 Å². The van der Waals surface area contributed by atoms with Gasteiger partial charge in [0.05, 0.1) is 0 Å². The summed E-state index contributed by atoms with van der Waals surface area (Å²) in [6.07, 6.45) is 2.23. The molecule has 0 unspecified atom stereocenters. The molecule has 0 aromatic heterocycles. The standard InChI is InChI=1S/C16H27N3.HI/c1-13(2)15-10-8-14(9-11-15)7-6-12-18-16(17-3)19(4)5;/h8-11,13H,6-7,12H2,1-5H3,(H,17,18);1H. The van der Waals surface area contributed by atoms with Crippen molar-refractivity contribution in [1.29, 1.82) is 0 Å². The minimum absolute atomic E-state index is 0. The number of halogens is 1. The Morgan fingerprint density at radius 2 is 1.80 bits per heavy atom. The lowest BCUT2D eigenvalue weighted by atomic mass is 10.0. The smallest absolute Gasteiger partial charge is 0.193 e. The summed E-state index contributed by atoms with van der Waals surface area (Å²) in [5.41, 5.74) is 2.82. The monoisotopic (exact) mass is 389 g/mol. The van der Waals surface area contributed by atoms with Gasteiger partial charge in [-0.15, -0.1) is 24.0 Å². The van der Waals surface area contributed by atoms with Gasteiger partial charge in [-0.3, -0.25) is 4.99 Å². The molecule has 0 fully saturated rings. The van der Waals surface area contributed by atoms with Crippen LogP contribution in [0, 0.1) is 0 Å². The Balaban J connectivity index is 0.00000361. The zero-order chi connectivity index (χ0) is 14.3. The Morgan fingerprint density at radius 1 is 1.20 bits per heavy atom. The molecule has 114 valence electrons. The van der Waals surface area contributed by atoms with Crippen LogP contribution in [0.4, 0.5) is 0 Å². The first-order valence-electron chi connectivity index (χ1n) is 7.01. The maximum absolute atomic E-state index is 4.19. The minimum Gasteiger partial charge on any atom is -0.356 e. The average Bonchev–Trinajstić information content (AvgIpc) is 2.38. The van der Waals surface area contributed by atoms with E-state index in [-0.39, 0.29) is 24.0 Å². The predicted octanol–water partition coefficient (Wildman–Crippen LogP) is 3.50. The maximum Gasteiger partial charge on any atom is 0.193 e. The van der Waals surface area contributed by atoms with Gasteiger partial charge in [-0.2, -0.15) is 0 Å². The maximum atomic E-state index is 4.19. The molecule has 0 aliphatic heterocycles. The van der Waals surface area contributed by atoms with Gasteiger partial charge in [-0.25, -0.2) is 0 Å². The van der Waals surface area contributed by atoms with E-state index in [9.17, 15) is 0 Å². The SMILES string of the molecule is CN=C(NCCCc1ccc(C(C)C)cc1)N(C)C.I. The van der Waals surface area contributed by atoms with Gasteiger partial charge in [0.15, 0.2) is 5.96 Å². The van der Waals surface area contributed by atoms with E-state index in [4.69, 9.17) is 0 Å². The van der Waals surface area contributed by atoms with Gasteiger partial charge < -0.3 is 10.2 Å². The fraction of sp³-hybridized carbons (Fsp3) is 0.562. The molecule has 0 radical (unpaired) electrons. The van der Waals surface area contributed by atoms with Gasteiger partial charge in [0.25, 0.3) is 0 Å². The summed E-state index contributed by atoms with van der Waals surface area (Å²) in [5.74, 6) is 1.55. The number of benzene rings is 1. The fourth-order valence-electron chi connectivity index (χ4n) is 2.00. The van der Waals surface area contributed by atoms with Crippen LogP contribution in [0.25, 0.3) is 0 Å². The second-order valence-corrected chi connectivity index (χ2v) is 5.37. The third kappa shape index (κ3) is 6.59. The summed E-state index contributed by atoms with van der Waals surface area (Å²) in [6, 6.07) is 8.98. The molecule has 20 heavy (non-hydrogen) atoms. The third-order valence-electron chi connectivity index (χ3n) is 3.21. The van der Waals surface area contributed by atoms with Crippen molar-refractivity contribution in [1.82, 2.24) is 10.2 Å². The Kier molecular flexibility index (Phi) is 9.63. The molecule has 0 bridgehead atoms. The highest BCUT2D eigenvalue weighted by Crippen LogP contribution is 2.15. The normalized spacial score (nSPS) is 11.2. The second-order valence-electron chi connectivity index (χ2n) is 5.37. The van der Waals surface area contributed by atoms with Gasteiger partial charge in [0, 0.05) is 27.7 Å². The number of aliphatic imine (C=N–C) groups is 1. The first-order chi connectivity index (χ1) is 9.04. The van der Waals surface area contributed by atoms with Gasteiger partial charge in [-0.1, -0.05) is 38.1 Å². The summed E-state index contributed by atoms with van der Waals surface area (Å²) in [6.45, 7) is 5.41. The number of hydrogen-bond acceptors (Lipinski definition) is 1. The van der Waals surface area contributed by atoms with Crippen LogP contribution >= 0.6 is 24.0 Å². The van der Waals surface area contributed by atoms with Gasteiger partial charge in [-0.05, 0) is 29.9 Å². The van der Waals surface area contributed by atoms with E-state index < -0.39 is 0 Å². The Labute approximate surface area is 140 Å². The first kappa shape index (κ1) is 19.2. The van der Waals surface area contributed by atoms with Crippen molar-refractivity contribution in [3.05, 3.63) is 35.4 Å². The lowest BCUT2D eigenvalue weighted by Crippen LogP contribution is -2.36. The summed E-state index contributed by atoms with van der Waals surface area (Å²) >= 11 is 0. The minimum atomic E-state index is 0. The summed E-state index contributed by atoms with van der Waals surface area (Å²) < 4.78 is 0. The molecule has 0 amide bonds. The lowest BCUT2D eigenvalue weighted by Gasteiger charge is -2.16. The molecule has 0 atom stereocenters. The second kappa shape index (κ2) is 10.0. The van der Waals surface area contributed by atoms with Crippen molar-refractivity contribution < 1.29 is 0 Å².